The summed E-state index contributed by atoms with van der Waals surface area (Å²) in [6.07, 6.45) is 12.6. The van der Waals surface area contributed by atoms with Gasteiger partial charge in [0.05, 0.1) is 24.4 Å². The number of unbranched alkanes of at least 4 members (excludes halogenated alkanes) is 3. The van der Waals surface area contributed by atoms with E-state index in [1.54, 1.807) is 28.7 Å². The Hall–Kier alpha value is -6.05. The molecule has 0 saturated heterocycles. The van der Waals surface area contributed by atoms with Gasteiger partial charge in [0, 0.05) is 77.1 Å². The van der Waals surface area contributed by atoms with Gasteiger partial charge in [-0.1, -0.05) is 84.2 Å². The van der Waals surface area contributed by atoms with Gasteiger partial charge in [0.25, 0.3) is 11.8 Å². The van der Waals surface area contributed by atoms with E-state index in [1.807, 2.05) is 102 Å². The number of anilines is 3. The SMILES string of the molecule is CCCCCCC(=O)CCCSSC(C)(C)CCC(=O)Nc1cc(COc2cc3c(cc2C)C(=O)N2c4ccccc4C[C@H]2C=N3)cc(COc2cc3c(cc2OC)C(=O)N2c4ccccc4C[C@H]2CC3)c1. The van der Waals surface area contributed by atoms with Crippen LogP contribution in [0.1, 0.15) is 139 Å². The summed E-state index contributed by atoms with van der Waals surface area (Å²) in [5.74, 6) is 2.66. The lowest BCUT2D eigenvalue weighted by atomic mass is 9.99. The first kappa shape index (κ1) is 50.9. The molecule has 13 heteroatoms. The summed E-state index contributed by atoms with van der Waals surface area (Å²) in [6.45, 7) is 8.76. The van der Waals surface area contributed by atoms with Crippen molar-refractivity contribution in [1.29, 1.82) is 0 Å². The first-order valence-electron chi connectivity index (χ1n) is 25.6. The van der Waals surface area contributed by atoms with Gasteiger partial charge in [-0.25, -0.2) is 0 Å². The standard InChI is InChI=1S/C59H66N4O7S2/c1-6-7-8-9-17-47(64)18-14-25-71-72-59(3,4)24-23-56(65)61-44-28-39(36-69-53-34-50-49(26-38(53)2)58(67)63-46(35-60-50)31-43-16-11-13-20-52(43)63)27-40(29-44)37-70-55-32-41-21-22-45-30-42-15-10-12-19-51(42)62(45)57(66)48(41)33-54(55)68-5/h10-13,15-16,19-20,26-29,32-35,45-46H,6-9,14,17-18,21-25,30-31,36-37H2,1-5H3,(H,61,65)/t45-,46+/m1/s1. The van der Waals surface area contributed by atoms with Crippen LogP contribution in [0, 0.1) is 6.92 Å². The van der Waals surface area contributed by atoms with Crippen LogP contribution < -0.4 is 29.3 Å². The number of ether oxygens (including phenoxy) is 3. The molecule has 0 aromatic heterocycles. The number of amides is 3. The second-order valence-corrected chi connectivity index (χ2v) is 23.3. The fraction of sp³-hybridized carbons (Fsp3) is 0.407. The molecule has 0 unspecified atom stereocenters. The molecular weight excluding hydrogens is 941 g/mol. The molecule has 0 spiro atoms. The summed E-state index contributed by atoms with van der Waals surface area (Å²) >= 11 is 0. The second kappa shape index (κ2) is 22.8. The molecule has 4 heterocycles. The zero-order chi connectivity index (χ0) is 50.4. The number of fused-ring (bicyclic) bond motifs is 8. The molecule has 4 aliphatic heterocycles. The van der Waals surface area contributed by atoms with Crippen molar-refractivity contribution >= 4 is 74.1 Å². The largest absolute Gasteiger partial charge is 0.493 e. The molecule has 0 radical (unpaired) electrons. The number of benzene rings is 5. The number of aliphatic imine (C=N–C) groups is 1. The van der Waals surface area contributed by atoms with Crippen LogP contribution in [0.5, 0.6) is 17.2 Å². The van der Waals surface area contributed by atoms with Gasteiger partial charge in [-0.2, -0.15) is 0 Å². The Morgan fingerprint density at radius 3 is 2.19 bits per heavy atom. The number of nitrogens with one attached hydrogen (secondary N) is 1. The summed E-state index contributed by atoms with van der Waals surface area (Å²) in [6, 6.07) is 29.4. The van der Waals surface area contributed by atoms with Crippen LogP contribution in [0.25, 0.3) is 0 Å². The number of hydrogen-bond donors (Lipinski definition) is 1. The monoisotopic (exact) mass is 1010 g/mol. The highest BCUT2D eigenvalue weighted by Crippen LogP contribution is 2.43. The Morgan fingerprint density at radius 2 is 1.44 bits per heavy atom. The molecule has 376 valence electrons. The summed E-state index contributed by atoms with van der Waals surface area (Å²) in [5.41, 5.74) is 9.90. The zero-order valence-electron chi connectivity index (χ0n) is 42.2. The lowest BCUT2D eigenvalue weighted by Gasteiger charge is -2.23. The molecule has 0 fully saturated rings. The minimum Gasteiger partial charge on any atom is -0.493 e. The molecule has 2 atom stereocenters. The fourth-order valence-electron chi connectivity index (χ4n) is 10.3. The molecule has 9 rings (SSSR count). The third-order valence-electron chi connectivity index (χ3n) is 14.2. The number of carbonyl (C=O) groups excluding carboxylic acids is 4. The smallest absolute Gasteiger partial charge is 0.261 e. The summed E-state index contributed by atoms with van der Waals surface area (Å²) in [7, 11) is 5.13. The molecule has 11 nitrogen and oxygen atoms in total. The molecular formula is C59H66N4O7S2. The van der Waals surface area contributed by atoms with Gasteiger partial charge >= 0.3 is 0 Å². The quantitative estimate of drug-likeness (QED) is 0.0532. The van der Waals surface area contributed by atoms with Crippen LogP contribution in [-0.2, 0) is 42.1 Å². The van der Waals surface area contributed by atoms with E-state index in [4.69, 9.17) is 19.2 Å². The first-order valence-corrected chi connectivity index (χ1v) is 27.9. The maximum Gasteiger partial charge on any atom is 0.261 e. The Bertz CT molecular complexity index is 2880. The van der Waals surface area contributed by atoms with Crippen molar-refractivity contribution in [2.45, 2.75) is 141 Å². The third-order valence-corrected chi connectivity index (χ3v) is 17.6. The highest BCUT2D eigenvalue weighted by Gasteiger charge is 2.38. The molecule has 5 aromatic carbocycles. The normalized spacial score (nSPS) is 16.5. The minimum atomic E-state index is -0.156. The van der Waals surface area contributed by atoms with Gasteiger partial charge in [-0.3, -0.25) is 29.1 Å². The van der Waals surface area contributed by atoms with Gasteiger partial charge in [-0.05, 0) is 141 Å². The number of ketones is 1. The lowest BCUT2D eigenvalue weighted by Crippen LogP contribution is -2.37. The second-order valence-electron chi connectivity index (χ2n) is 20.1. The summed E-state index contributed by atoms with van der Waals surface area (Å²) < 4.78 is 18.8. The number of rotatable bonds is 22. The van der Waals surface area contributed by atoms with Crippen molar-refractivity contribution in [2.75, 3.05) is 28.0 Å². The van der Waals surface area contributed by atoms with Gasteiger partial charge in [-0.15, -0.1) is 0 Å². The Morgan fingerprint density at radius 1 is 0.750 bits per heavy atom. The molecule has 0 saturated carbocycles. The van der Waals surface area contributed by atoms with E-state index in [9.17, 15) is 19.2 Å². The highest BCUT2D eigenvalue weighted by molar-refractivity contribution is 8.77. The molecule has 0 aliphatic carbocycles. The number of para-hydroxylation sites is 2. The Kier molecular flexibility index (Phi) is 16.1. The van der Waals surface area contributed by atoms with Crippen molar-refractivity contribution < 1.29 is 33.4 Å². The van der Waals surface area contributed by atoms with E-state index in [2.05, 4.69) is 38.2 Å². The third kappa shape index (κ3) is 11.7. The van der Waals surface area contributed by atoms with Gasteiger partial charge in [0.15, 0.2) is 11.5 Å². The van der Waals surface area contributed by atoms with Crippen LogP contribution >= 0.6 is 21.6 Å². The van der Waals surface area contributed by atoms with E-state index in [0.717, 1.165) is 83.5 Å². The number of nitrogens with zero attached hydrogens (tertiary/aromatic N) is 3. The molecule has 72 heavy (non-hydrogen) atoms. The van der Waals surface area contributed by atoms with Crippen molar-refractivity contribution in [3.05, 3.63) is 136 Å². The van der Waals surface area contributed by atoms with Gasteiger partial charge in [0.2, 0.25) is 5.91 Å². The van der Waals surface area contributed by atoms with E-state index < -0.39 is 0 Å². The topological polar surface area (TPSA) is 127 Å². The van der Waals surface area contributed by atoms with E-state index in [0.29, 0.717) is 77.6 Å². The maximum atomic E-state index is 14.2. The van der Waals surface area contributed by atoms with Crippen molar-refractivity contribution in [1.82, 2.24) is 0 Å². The van der Waals surface area contributed by atoms with Crippen LogP contribution in [-0.4, -0.2) is 59.4 Å². The number of methoxy groups -OCH3 is 1. The summed E-state index contributed by atoms with van der Waals surface area (Å²) in [4.78, 5) is 62.8. The van der Waals surface area contributed by atoms with Gasteiger partial charge < -0.3 is 24.4 Å². The molecule has 4 aliphatic rings. The average Bonchev–Trinajstić information content (AvgIpc) is 3.87. The average molecular weight is 1010 g/mol. The van der Waals surface area contributed by atoms with Gasteiger partial charge in [0.1, 0.15) is 24.7 Å². The Balaban J connectivity index is 0.890. The van der Waals surface area contributed by atoms with Crippen molar-refractivity contribution in [2.24, 2.45) is 4.99 Å². The predicted molar refractivity (Wildman–Crippen MR) is 292 cm³/mol. The first-order chi connectivity index (χ1) is 34.9. The number of aryl methyl sites for hydroxylation is 2. The van der Waals surface area contributed by atoms with Crippen molar-refractivity contribution in [3.63, 3.8) is 0 Å². The molecule has 3 amide bonds. The number of Topliss-reactive ketones (excluding diaryl/α,β-unsaturated/α-hetero) is 1. The fourth-order valence-corrected chi connectivity index (χ4v) is 13.0. The molecule has 1 N–H and O–H groups in total. The summed E-state index contributed by atoms with van der Waals surface area (Å²) in [5, 5.41) is 3.17. The van der Waals surface area contributed by atoms with Crippen molar-refractivity contribution in [3.8, 4) is 17.2 Å². The lowest BCUT2D eigenvalue weighted by molar-refractivity contribution is -0.119. The van der Waals surface area contributed by atoms with Crippen LogP contribution in [0.3, 0.4) is 0 Å². The van der Waals surface area contributed by atoms with Crippen LogP contribution in [0.2, 0.25) is 0 Å². The van der Waals surface area contributed by atoms with E-state index in [-0.39, 0.29) is 47.8 Å². The Labute approximate surface area is 432 Å². The molecule has 0 bridgehead atoms. The number of carbonyl (C=O) groups is 4. The highest BCUT2D eigenvalue weighted by atomic mass is 33.1. The predicted octanol–water partition coefficient (Wildman–Crippen LogP) is 13.2. The minimum absolute atomic E-state index is 0.0261. The molecule has 5 aromatic rings. The maximum absolute atomic E-state index is 14.2. The zero-order valence-corrected chi connectivity index (χ0v) is 43.9. The van der Waals surface area contributed by atoms with Crippen LogP contribution in [0.15, 0.2) is 96.0 Å². The van der Waals surface area contributed by atoms with E-state index in [1.165, 1.54) is 18.4 Å². The van der Waals surface area contributed by atoms with Crippen LogP contribution in [0.4, 0.5) is 22.7 Å². The van der Waals surface area contributed by atoms with E-state index >= 15 is 0 Å². The number of hydrogen-bond acceptors (Lipinski definition) is 10.